The van der Waals surface area contributed by atoms with Crippen LogP contribution in [0.4, 0.5) is 10.2 Å². The summed E-state index contributed by atoms with van der Waals surface area (Å²) < 4.78 is 18.5. The Labute approximate surface area is 179 Å². The number of hydrogen-bond acceptors (Lipinski definition) is 6. The lowest BCUT2D eigenvalue weighted by atomic mass is 10.1. The molecule has 8 nitrogen and oxygen atoms in total. The molecule has 4 rings (SSSR count). The third-order valence-electron chi connectivity index (χ3n) is 5.21. The summed E-state index contributed by atoms with van der Waals surface area (Å²) >= 11 is 0. The number of aromatic nitrogens is 1. The van der Waals surface area contributed by atoms with Crippen LogP contribution in [0.25, 0.3) is 0 Å². The fourth-order valence-electron chi connectivity index (χ4n) is 3.47. The van der Waals surface area contributed by atoms with Crippen molar-refractivity contribution in [1.82, 2.24) is 15.3 Å². The summed E-state index contributed by atoms with van der Waals surface area (Å²) in [6.07, 6.45) is 2.23. The van der Waals surface area contributed by atoms with Gasteiger partial charge in [0.05, 0.1) is 19.8 Å². The first-order valence-electron chi connectivity index (χ1n) is 10.3. The Bertz CT molecular complexity index is 973. The van der Waals surface area contributed by atoms with Gasteiger partial charge in [0.15, 0.2) is 0 Å². The van der Waals surface area contributed by atoms with Crippen LogP contribution in [-0.4, -0.2) is 53.8 Å². The first-order chi connectivity index (χ1) is 15.1. The molecule has 0 spiro atoms. The highest BCUT2D eigenvalue weighted by Gasteiger charge is 2.24. The van der Waals surface area contributed by atoms with E-state index in [1.807, 2.05) is 12.1 Å². The first-order valence-corrected chi connectivity index (χ1v) is 10.3. The van der Waals surface area contributed by atoms with Gasteiger partial charge in [-0.1, -0.05) is 12.1 Å². The number of carbonyl (C=O) groups is 2. The minimum atomic E-state index is -0.342. The van der Waals surface area contributed by atoms with Gasteiger partial charge in [0, 0.05) is 38.7 Å². The molecule has 1 fully saturated rings. The highest BCUT2D eigenvalue weighted by Crippen LogP contribution is 2.16. The maximum atomic E-state index is 13.1. The van der Waals surface area contributed by atoms with Gasteiger partial charge in [-0.05, 0) is 35.4 Å². The van der Waals surface area contributed by atoms with Crippen molar-refractivity contribution in [3.63, 3.8) is 0 Å². The number of hydrazone groups is 1. The van der Waals surface area contributed by atoms with E-state index < -0.39 is 0 Å². The van der Waals surface area contributed by atoms with E-state index in [2.05, 4.69) is 20.3 Å². The second-order valence-electron chi connectivity index (χ2n) is 7.43. The normalized spacial score (nSPS) is 16.8. The van der Waals surface area contributed by atoms with Crippen LogP contribution in [0.2, 0.25) is 0 Å². The van der Waals surface area contributed by atoms with E-state index in [0.717, 1.165) is 30.0 Å². The molecule has 1 aromatic heterocycles. The Morgan fingerprint density at radius 2 is 1.87 bits per heavy atom. The topological polar surface area (TPSA) is 87.1 Å². The van der Waals surface area contributed by atoms with Gasteiger partial charge < -0.3 is 15.0 Å². The second kappa shape index (κ2) is 9.65. The molecule has 0 saturated carbocycles. The third kappa shape index (κ3) is 5.43. The summed E-state index contributed by atoms with van der Waals surface area (Å²) in [7, 11) is 0. The summed E-state index contributed by atoms with van der Waals surface area (Å²) in [5, 5.41) is 8.39. The highest BCUT2D eigenvalue weighted by molar-refractivity contribution is 6.39. The molecule has 3 heterocycles. The number of pyridine rings is 1. The van der Waals surface area contributed by atoms with Crippen molar-refractivity contribution in [3.8, 4) is 0 Å². The fraction of sp³-hybridized carbons (Fsp3) is 0.364. The Morgan fingerprint density at radius 1 is 1.10 bits per heavy atom. The predicted molar refractivity (Wildman–Crippen MR) is 113 cm³/mol. The molecule has 0 unspecified atom stereocenters. The number of rotatable bonds is 6. The lowest BCUT2D eigenvalue weighted by Crippen LogP contribution is -2.38. The number of hydrogen-bond donors (Lipinski definition) is 1. The van der Waals surface area contributed by atoms with Crippen molar-refractivity contribution in [2.75, 3.05) is 31.2 Å². The molecule has 0 bridgehead atoms. The number of ether oxygens (including phenoxy) is 1. The van der Waals surface area contributed by atoms with Crippen molar-refractivity contribution >= 4 is 23.3 Å². The van der Waals surface area contributed by atoms with Crippen LogP contribution in [-0.2, 0) is 27.4 Å². The highest BCUT2D eigenvalue weighted by atomic mass is 19.1. The maximum absolute atomic E-state index is 13.1. The van der Waals surface area contributed by atoms with Gasteiger partial charge in [0.25, 0.3) is 5.91 Å². The molecule has 2 aliphatic rings. The smallest absolute Gasteiger partial charge is 0.267 e. The molecule has 31 heavy (non-hydrogen) atoms. The molecule has 1 saturated heterocycles. The molecule has 0 radical (unpaired) electrons. The average Bonchev–Trinajstić information content (AvgIpc) is 2.81. The van der Waals surface area contributed by atoms with Crippen LogP contribution in [0.1, 0.15) is 24.0 Å². The minimum absolute atomic E-state index is 0.162. The van der Waals surface area contributed by atoms with Crippen LogP contribution in [0.5, 0.6) is 0 Å². The summed E-state index contributed by atoms with van der Waals surface area (Å²) in [6, 6.07) is 9.68. The lowest BCUT2D eigenvalue weighted by molar-refractivity contribution is -0.132. The monoisotopic (exact) mass is 425 g/mol. The van der Waals surface area contributed by atoms with E-state index in [4.69, 9.17) is 4.74 Å². The molecule has 0 atom stereocenters. The Kier molecular flexibility index (Phi) is 6.51. The molecule has 1 N–H and O–H groups in total. The summed E-state index contributed by atoms with van der Waals surface area (Å²) in [5.74, 6) is 0.0535. The van der Waals surface area contributed by atoms with E-state index in [1.165, 1.54) is 17.1 Å². The molecule has 0 aliphatic carbocycles. The quantitative estimate of drug-likeness (QED) is 0.763. The van der Waals surface area contributed by atoms with E-state index in [-0.39, 0.29) is 30.6 Å². The summed E-state index contributed by atoms with van der Waals surface area (Å²) in [5.41, 5.74) is 1.98. The number of carbonyl (C=O) groups excluding carboxylic acids is 2. The largest absolute Gasteiger partial charge is 0.378 e. The molecule has 9 heteroatoms. The first kappa shape index (κ1) is 20.9. The number of morpholine rings is 1. The number of nitrogens with zero attached hydrogens (tertiary/aromatic N) is 4. The van der Waals surface area contributed by atoms with Crippen LogP contribution in [0.15, 0.2) is 47.7 Å². The van der Waals surface area contributed by atoms with E-state index in [9.17, 15) is 14.0 Å². The van der Waals surface area contributed by atoms with Gasteiger partial charge in [-0.25, -0.2) is 14.4 Å². The Balaban J connectivity index is 1.37. The van der Waals surface area contributed by atoms with Crippen LogP contribution < -0.4 is 10.2 Å². The van der Waals surface area contributed by atoms with Crippen LogP contribution in [0.3, 0.4) is 0 Å². The maximum Gasteiger partial charge on any atom is 0.267 e. The Morgan fingerprint density at radius 3 is 2.65 bits per heavy atom. The molecule has 2 aliphatic heterocycles. The molecular weight excluding hydrogens is 401 g/mol. The van der Waals surface area contributed by atoms with E-state index in [1.54, 1.807) is 18.3 Å². The minimum Gasteiger partial charge on any atom is -0.378 e. The summed E-state index contributed by atoms with van der Waals surface area (Å²) in [6.45, 7) is 3.47. The second-order valence-corrected chi connectivity index (χ2v) is 7.43. The molecule has 162 valence electrons. The number of benzene rings is 1. The molecule has 2 aromatic rings. The molecule has 2 amide bonds. The zero-order valence-electron chi connectivity index (χ0n) is 17.1. The van der Waals surface area contributed by atoms with E-state index >= 15 is 0 Å². The lowest BCUT2D eigenvalue weighted by Gasteiger charge is -2.28. The standard InChI is InChI=1S/C22H24FN5O3/c23-18-3-1-16(2-4-18)15-28-21(29)6-5-19(26-28)22(30)25-14-17-7-8-24-20(13-17)27-9-11-31-12-10-27/h1-4,7-8,13H,5-6,9-12,14-15H2,(H,25,30). The average molecular weight is 425 g/mol. The van der Waals surface area contributed by atoms with Gasteiger partial charge in [0.2, 0.25) is 5.91 Å². The SMILES string of the molecule is O=C(NCc1ccnc(N2CCOCC2)c1)C1=NN(Cc2ccc(F)cc2)C(=O)CC1. The van der Waals surface area contributed by atoms with Crippen molar-refractivity contribution in [1.29, 1.82) is 0 Å². The Hall–Kier alpha value is -3.33. The van der Waals surface area contributed by atoms with Gasteiger partial charge >= 0.3 is 0 Å². The van der Waals surface area contributed by atoms with Crippen LogP contribution in [0, 0.1) is 5.82 Å². The third-order valence-corrected chi connectivity index (χ3v) is 5.21. The fourth-order valence-corrected chi connectivity index (χ4v) is 3.47. The number of anilines is 1. The van der Waals surface area contributed by atoms with Crippen molar-refractivity contribution in [3.05, 3.63) is 59.5 Å². The van der Waals surface area contributed by atoms with Crippen molar-refractivity contribution < 1.29 is 18.7 Å². The van der Waals surface area contributed by atoms with Crippen molar-refractivity contribution in [2.24, 2.45) is 5.10 Å². The summed E-state index contributed by atoms with van der Waals surface area (Å²) in [4.78, 5) is 31.4. The van der Waals surface area contributed by atoms with Gasteiger partial charge in [0.1, 0.15) is 17.3 Å². The number of amides is 2. The predicted octanol–water partition coefficient (Wildman–Crippen LogP) is 1.85. The number of halogens is 1. The van der Waals surface area contributed by atoms with Gasteiger partial charge in [-0.3, -0.25) is 9.59 Å². The van der Waals surface area contributed by atoms with Crippen LogP contribution >= 0.6 is 0 Å². The van der Waals surface area contributed by atoms with Gasteiger partial charge in [-0.2, -0.15) is 5.10 Å². The molecule has 1 aromatic carbocycles. The van der Waals surface area contributed by atoms with Gasteiger partial charge in [-0.15, -0.1) is 0 Å². The van der Waals surface area contributed by atoms with E-state index in [0.29, 0.717) is 31.9 Å². The zero-order valence-corrected chi connectivity index (χ0v) is 17.1. The molecular formula is C22H24FN5O3. The number of nitrogens with one attached hydrogen (secondary N) is 1. The van der Waals surface area contributed by atoms with Crippen molar-refractivity contribution in [2.45, 2.75) is 25.9 Å². The zero-order chi connectivity index (χ0) is 21.6.